The second kappa shape index (κ2) is 4.87. The number of ether oxygens (including phenoxy) is 2. The Bertz CT molecular complexity index is 264. The number of fused-ring (bicyclic) bond motifs is 2. The van der Waals surface area contributed by atoms with E-state index in [-0.39, 0.29) is 6.61 Å². The molecule has 2 aliphatic rings. The zero-order valence-corrected chi connectivity index (χ0v) is 11.4. The topological polar surface area (TPSA) is 38.7 Å². The van der Waals surface area contributed by atoms with Gasteiger partial charge in [0.2, 0.25) is 0 Å². The van der Waals surface area contributed by atoms with E-state index in [1.807, 2.05) is 0 Å². The van der Waals surface area contributed by atoms with Crippen molar-refractivity contribution in [3.05, 3.63) is 0 Å². The monoisotopic (exact) mass is 242 g/mol. The maximum atomic E-state index is 8.61. The van der Waals surface area contributed by atoms with E-state index in [1.165, 1.54) is 19.3 Å². The first-order valence-corrected chi connectivity index (χ1v) is 6.82. The van der Waals surface area contributed by atoms with Gasteiger partial charge < -0.3 is 14.6 Å². The van der Waals surface area contributed by atoms with Crippen LogP contribution < -0.4 is 0 Å². The minimum Gasteiger partial charge on any atom is -0.394 e. The Balaban J connectivity index is 1.80. The quantitative estimate of drug-likeness (QED) is 0.726. The van der Waals surface area contributed by atoms with E-state index in [9.17, 15) is 0 Å². The normalized spacial score (nSPS) is 38.8. The molecule has 3 heteroatoms. The van der Waals surface area contributed by atoms with E-state index in [4.69, 9.17) is 14.6 Å². The number of hydrogen-bond donors (Lipinski definition) is 1. The molecule has 0 aromatic carbocycles. The van der Waals surface area contributed by atoms with Crippen LogP contribution in [0.3, 0.4) is 0 Å². The predicted molar refractivity (Wildman–Crippen MR) is 66.9 cm³/mol. The molecule has 0 aromatic rings. The fourth-order valence-corrected chi connectivity index (χ4v) is 3.80. The van der Waals surface area contributed by atoms with Gasteiger partial charge in [-0.3, -0.25) is 0 Å². The molecule has 2 rings (SSSR count). The molecule has 0 saturated heterocycles. The van der Waals surface area contributed by atoms with Gasteiger partial charge in [0.15, 0.2) is 0 Å². The molecule has 1 N–H and O–H groups in total. The van der Waals surface area contributed by atoms with E-state index in [2.05, 4.69) is 20.8 Å². The maximum absolute atomic E-state index is 8.61. The molecule has 2 bridgehead atoms. The van der Waals surface area contributed by atoms with E-state index < -0.39 is 0 Å². The summed E-state index contributed by atoms with van der Waals surface area (Å²) in [4.78, 5) is 0. The summed E-state index contributed by atoms with van der Waals surface area (Å²) in [5, 5.41) is 8.61. The van der Waals surface area contributed by atoms with E-state index in [0.717, 1.165) is 5.92 Å². The molecule has 0 aliphatic heterocycles. The van der Waals surface area contributed by atoms with Gasteiger partial charge in [-0.15, -0.1) is 0 Å². The van der Waals surface area contributed by atoms with Crippen molar-refractivity contribution < 1.29 is 14.6 Å². The van der Waals surface area contributed by atoms with Crippen LogP contribution in [0, 0.1) is 16.7 Å². The molecule has 2 fully saturated rings. The van der Waals surface area contributed by atoms with Crippen molar-refractivity contribution in [3.63, 3.8) is 0 Å². The summed E-state index contributed by atoms with van der Waals surface area (Å²) in [6.07, 6.45) is 4.27. The standard InChI is InChI=1S/C14H26O3/c1-13(2)11-4-5-14(13,3)12(10-11)17-9-8-16-7-6-15/h11-12,15H,4-10H2,1-3H3/t11-,12+,14-/m1/s1. The van der Waals surface area contributed by atoms with Gasteiger partial charge in [0.1, 0.15) is 0 Å². The minimum absolute atomic E-state index is 0.0935. The molecular weight excluding hydrogens is 216 g/mol. The highest BCUT2D eigenvalue weighted by molar-refractivity contribution is 5.11. The van der Waals surface area contributed by atoms with E-state index in [0.29, 0.717) is 36.8 Å². The Labute approximate surface area is 104 Å². The van der Waals surface area contributed by atoms with Crippen molar-refractivity contribution in [1.82, 2.24) is 0 Å². The first-order valence-electron chi connectivity index (χ1n) is 6.82. The lowest BCUT2D eigenvalue weighted by Gasteiger charge is -2.38. The molecule has 2 aliphatic carbocycles. The summed E-state index contributed by atoms with van der Waals surface area (Å²) in [7, 11) is 0. The van der Waals surface area contributed by atoms with Crippen molar-refractivity contribution in [1.29, 1.82) is 0 Å². The van der Waals surface area contributed by atoms with Crippen LogP contribution in [-0.2, 0) is 9.47 Å². The maximum Gasteiger partial charge on any atom is 0.0704 e. The van der Waals surface area contributed by atoms with Crippen LogP contribution in [0.25, 0.3) is 0 Å². The molecule has 3 nitrogen and oxygen atoms in total. The van der Waals surface area contributed by atoms with Gasteiger partial charge in [-0.2, -0.15) is 0 Å². The SMILES string of the molecule is CC1(C)[C@@H]2CC[C@]1(C)[C@@H](OCCOCCO)C2. The van der Waals surface area contributed by atoms with Crippen molar-refractivity contribution in [2.45, 2.75) is 46.1 Å². The second-order valence-electron chi connectivity index (χ2n) is 6.31. The molecule has 0 spiro atoms. The summed E-state index contributed by atoms with van der Waals surface area (Å²) in [5.41, 5.74) is 0.762. The zero-order valence-electron chi connectivity index (χ0n) is 11.4. The Morgan fingerprint density at radius 1 is 1.18 bits per heavy atom. The summed E-state index contributed by atoms with van der Waals surface area (Å²) >= 11 is 0. The van der Waals surface area contributed by atoms with Crippen molar-refractivity contribution in [2.75, 3.05) is 26.4 Å². The lowest BCUT2D eigenvalue weighted by molar-refractivity contribution is -0.0662. The lowest BCUT2D eigenvalue weighted by Crippen LogP contribution is -2.37. The summed E-state index contributed by atoms with van der Waals surface area (Å²) in [6, 6.07) is 0. The third kappa shape index (κ3) is 2.13. The highest BCUT2D eigenvalue weighted by atomic mass is 16.5. The van der Waals surface area contributed by atoms with Crippen molar-refractivity contribution in [3.8, 4) is 0 Å². The largest absolute Gasteiger partial charge is 0.394 e. The first-order chi connectivity index (χ1) is 8.02. The van der Waals surface area contributed by atoms with Crippen LogP contribution in [0.5, 0.6) is 0 Å². The van der Waals surface area contributed by atoms with Gasteiger partial charge in [0, 0.05) is 0 Å². The van der Waals surface area contributed by atoms with Crippen LogP contribution in [0.1, 0.15) is 40.0 Å². The van der Waals surface area contributed by atoms with Crippen LogP contribution >= 0.6 is 0 Å². The van der Waals surface area contributed by atoms with Crippen LogP contribution in [0.15, 0.2) is 0 Å². The average molecular weight is 242 g/mol. The highest BCUT2D eigenvalue weighted by Gasteiger charge is 2.61. The first kappa shape index (κ1) is 13.3. The summed E-state index contributed by atoms with van der Waals surface area (Å²) in [6.45, 7) is 8.95. The molecule has 0 heterocycles. The highest BCUT2D eigenvalue weighted by Crippen LogP contribution is 2.66. The Morgan fingerprint density at radius 2 is 1.94 bits per heavy atom. The van der Waals surface area contributed by atoms with Gasteiger partial charge in [0.05, 0.1) is 32.5 Å². The smallest absolute Gasteiger partial charge is 0.0704 e. The summed E-state index contributed by atoms with van der Waals surface area (Å²) < 4.78 is 11.2. The van der Waals surface area contributed by atoms with Crippen molar-refractivity contribution in [2.24, 2.45) is 16.7 Å². The van der Waals surface area contributed by atoms with Crippen LogP contribution in [-0.4, -0.2) is 37.6 Å². The van der Waals surface area contributed by atoms with Gasteiger partial charge in [-0.05, 0) is 36.0 Å². The molecule has 100 valence electrons. The Morgan fingerprint density at radius 3 is 2.47 bits per heavy atom. The molecule has 17 heavy (non-hydrogen) atoms. The fourth-order valence-electron chi connectivity index (χ4n) is 3.80. The molecule has 2 saturated carbocycles. The van der Waals surface area contributed by atoms with Gasteiger partial charge in [-0.25, -0.2) is 0 Å². The van der Waals surface area contributed by atoms with Crippen molar-refractivity contribution >= 4 is 0 Å². The van der Waals surface area contributed by atoms with Gasteiger partial charge in [-0.1, -0.05) is 20.8 Å². The lowest BCUT2D eigenvalue weighted by atomic mass is 9.70. The average Bonchev–Trinajstić information content (AvgIpc) is 2.61. The van der Waals surface area contributed by atoms with Crippen LogP contribution in [0.2, 0.25) is 0 Å². The molecule has 3 atom stereocenters. The molecule has 0 amide bonds. The number of aliphatic hydroxyl groups is 1. The van der Waals surface area contributed by atoms with Gasteiger partial charge in [0.25, 0.3) is 0 Å². The predicted octanol–water partition coefficient (Wildman–Crippen LogP) is 2.23. The molecular formula is C14H26O3. The Kier molecular flexibility index (Phi) is 3.81. The Hall–Kier alpha value is -0.120. The summed E-state index contributed by atoms with van der Waals surface area (Å²) in [5.74, 6) is 0.830. The molecule has 0 unspecified atom stereocenters. The third-order valence-corrected chi connectivity index (χ3v) is 5.50. The minimum atomic E-state index is 0.0935. The van der Waals surface area contributed by atoms with Gasteiger partial charge >= 0.3 is 0 Å². The third-order valence-electron chi connectivity index (χ3n) is 5.50. The van der Waals surface area contributed by atoms with Crippen LogP contribution in [0.4, 0.5) is 0 Å². The number of hydrogen-bond acceptors (Lipinski definition) is 3. The fraction of sp³-hybridized carbons (Fsp3) is 1.00. The molecule has 0 radical (unpaired) electrons. The van der Waals surface area contributed by atoms with E-state index >= 15 is 0 Å². The zero-order chi connectivity index (χ0) is 12.5. The van der Waals surface area contributed by atoms with E-state index in [1.54, 1.807) is 0 Å². The molecule has 0 aromatic heterocycles. The second-order valence-corrected chi connectivity index (χ2v) is 6.31. The number of aliphatic hydroxyl groups excluding tert-OH is 1. The number of rotatable bonds is 6.